The van der Waals surface area contributed by atoms with E-state index in [4.69, 9.17) is 27.9 Å². The van der Waals surface area contributed by atoms with E-state index in [-0.39, 0.29) is 24.1 Å². The highest BCUT2D eigenvalue weighted by Gasteiger charge is 2.31. The number of amides is 2. The molecule has 1 atom stereocenters. The Balaban J connectivity index is 2.45. The van der Waals surface area contributed by atoms with Gasteiger partial charge in [-0.3, -0.25) is 13.9 Å². The summed E-state index contributed by atoms with van der Waals surface area (Å²) in [6, 6.07) is 10.5. The van der Waals surface area contributed by atoms with Crippen LogP contribution >= 0.6 is 23.2 Å². The normalized spacial score (nSPS) is 12.2. The van der Waals surface area contributed by atoms with Crippen molar-refractivity contribution in [3.63, 3.8) is 0 Å². The van der Waals surface area contributed by atoms with Crippen LogP contribution in [-0.4, -0.2) is 57.1 Å². The average molecular weight is 559 g/mol. The maximum atomic E-state index is 13.6. The highest BCUT2D eigenvalue weighted by molar-refractivity contribution is 7.92. The molecule has 0 aliphatic carbocycles. The summed E-state index contributed by atoms with van der Waals surface area (Å²) in [6.45, 7) is 7.49. The predicted molar refractivity (Wildman–Crippen MR) is 144 cm³/mol. The van der Waals surface area contributed by atoms with Crippen LogP contribution in [0.2, 0.25) is 10.0 Å². The van der Waals surface area contributed by atoms with Gasteiger partial charge in [-0.25, -0.2) is 8.42 Å². The molecule has 1 N–H and O–H groups in total. The maximum Gasteiger partial charge on any atom is 0.244 e. The Morgan fingerprint density at radius 1 is 1.08 bits per heavy atom. The van der Waals surface area contributed by atoms with E-state index in [1.165, 1.54) is 4.90 Å². The second-order valence-corrected chi connectivity index (χ2v) is 11.5. The molecule has 2 rings (SSSR count). The number of hydrogen-bond acceptors (Lipinski definition) is 5. The van der Waals surface area contributed by atoms with Gasteiger partial charge in [0.15, 0.2) is 0 Å². The molecule has 0 aliphatic rings. The van der Waals surface area contributed by atoms with Crippen molar-refractivity contribution in [2.24, 2.45) is 5.92 Å². The summed E-state index contributed by atoms with van der Waals surface area (Å²) in [5.74, 6) is -0.396. The zero-order chi connectivity index (χ0) is 27.0. The van der Waals surface area contributed by atoms with Gasteiger partial charge in [0.25, 0.3) is 0 Å². The second-order valence-electron chi connectivity index (χ2n) is 8.74. The molecule has 0 aliphatic heterocycles. The van der Waals surface area contributed by atoms with E-state index < -0.39 is 28.5 Å². The number of anilines is 1. The van der Waals surface area contributed by atoms with Crippen LogP contribution in [0.1, 0.15) is 33.3 Å². The fourth-order valence-corrected chi connectivity index (χ4v) is 4.73. The van der Waals surface area contributed by atoms with E-state index in [9.17, 15) is 18.0 Å². The minimum atomic E-state index is -3.88. The van der Waals surface area contributed by atoms with Crippen molar-refractivity contribution in [3.8, 4) is 5.75 Å². The monoisotopic (exact) mass is 557 g/mol. The molecular weight excluding hydrogens is 525 g/mol. The van der Waals surface area contributed by atoms with Crippen molar-refractivity contribution < 1.29 is 22.7 Å². The van der Waals surface area contributed by atoms with Crippen LogP contribution in [0.25, 0.3) is 0 Å². The first-order valence-electron chi connectivity index (χ1n) is 11.6. The van der Waals surface area contributed by atoms with Crippen molar-refractivity contribution in [2.45, 2.75) is 40.3 Å². The Bertz CT molecular complexity index is 1170. The van der Waals surface area contributed by atoms with Crippen molar-refractivity contribution >= 4 is 50.7 Å². The van der Waals surface area contributed by atoms with E-state index in [0.717, 1.165) is 10.6 Å². The number of rotatable bonds is 12. The van der Waals surface area contributed by atoms with Gasteiger partial charge >= 0.3 is 0 Å². The SMILES string of the molecule is CCOc1ccccc1N(CC(=O)N(Cc1ccc(Cl)cc1Cl)C(C)C(=O)NCC(C)C)S(C)(=O)=O. The van der Waals surface area contributed by atoms with Crippen LogP contribution in [0.15, 0.2) is 42.5 Å². The number of para-hydroxylation sites is 2. The van der Waals surface area contributed by atoms with Gasteiger partial charge in [0.05, 0.1) is 18.6 Å². The number of sulfonamides is 1. The van der Waals surface area contributed by atoms with Gasteiger partial charge < -0.3 is 15.0 Å². The summed E-state index contributed by atoms with van der Waals surface area (Å²) >= 11 is 12.4. The van der Waals surface area contributed by atoms with Crippen LogP contribution in [0, 0.1) is 5.92 Å². The zero-order valence-corrected chi connectivity index (χ0v) is 23.5. The fraction of sp³-hybridized carbons (Fsp3) is 0.440. The maximum absolute atomic E-state index is 13.6. The van der Waals surface area contributed by atoms with Crippen LogP contribution < -0.4 is 14.4 Å². The summed E-state index contributed by atoms with van der Waals surface area (Å²) in [5, 5.41) is 3.59. The first-order valence-corrected chi connectivity index (χ1v) is 14.2. The van der Waals surface area contributed by atoms with Gasteiger partial charge in [-0.15, -0.1) is 0 Å². The molecule has 0 heterocycles. The molecule has 36 heavy (non-hydrogen) atoms. The number of carbonyl (C=O) groups excluding carboxylic acids is 2. The number of ether oxygens (including phenoxy) is 1. The van der Waals surface area contributed by atoms with Gasteiger partial charge in [0.2, 0.25) is 21.8 Å². The molecule has 0 saturated carbocycles. The topological polar surface area (TPSA) is 96.0 Å². The van der Waals surface area contributed by atoms with E-state index in [1.807, 2.05) is 13.8 Å². The predicted octanol–water partition coefficient (Wildman–Crippen LogP) is 4.35. The minimum absolute atomic E-state index is 0.0180. The third-order valence-electron chi connectivity index (χ3n) is 5.32. The molecule has 0 spiro atoms. The number of hydrogen-bond donors (Lipinski definition) is 1. The molecule has 11 heteroatoms. The minimum Gasteiger partial charge on any atom is -0.492 e. The van der Waals surface area contributed by atoms with Crippen molar-refractivity contribution in [2.75, 3.05) is 30.3 Å². The fourth-order valence-electron chi connectivity index (χ4n) is 3.40. The molecule has 0 fully saturated rings. The van der Waals surface area contributed by atoms with Crippen LogP contribution in [0.5, 0.6) is 5.75 Å². The lowest BCUT2D eigenvalue weighted by Gasteiger charge is -2.32. The first kappa shape index (κ1) is 29.7. The summed E-state index contributed by atoms with van der Waals surface area (Å²) in [6.07, 6.45) is 1.02. The molecule has 2 aromatic rings. The Morgan fingerprint density at radius 3 is 2.33 bits per heavy atom. The standard InChI is InChI=1S/C25H33Cl2N3O5S/c1-6-35-23-10-8-7-9-22(23)30(36(5,33)34)16-24(31)29(18(4)25(32)28-14-17(2)3)15-19-11-12-20(26)13-21(19)27/h7-13,17-18H,6,14-16H2,1-5H3,(H,28,32). The molecule has 0 bridgehead atoms. The molecule has 8 nitrogen and oxygen atoms in total. The number of benzene rings is 2. The molecule has 198 valence electrons. The summed E-state index contributed by atoms with van der Waals surface area (Å²) in [7, 11) is -3.88. The van der Waals surface area contributed by atoms with E-state index >= 15 is 0 Å². The molecule has 0 radical (unpaired) electrons. The Hall–Kier alpha value is -2.49. The number of halogens is 2. The zero-order valence-electron chi connectivity index (χ0n) is 21.1. The van der Waals surface area contributed by atoms with E-state index in [1.54, 1.807) is 56.3 Å². The van der Waals surface area contributed by atoms with Gasteiger partial charge in [-0.2, -0.15) is 0 Å². The van der Waals surface area contributed by atoms with Crippen LogP contribution in [0.4, 0.5) is 5.69 Å². The third kappa shape index (κ3) is 8.28. The lowest BCUT2D eigenvalue weighted by Crippen LogP contribution is -2.51. The Labute approximate surface area is 223 Å². The number of nitrogens with one attached hydrogen (secondary N) is 1. The van der Waals surface area contributed by atoms with Crippen molar-refractivity contribution in [1.29, 1.82) is 0 Å². The average Bonchev–Trinajstić information content (AvgIpc) is 2.80. The molecule has 2 amide bonds. The lowest BCUT2D eigenvalue weighted by atomic mass is 10.1. The second kappa shape index (κ2) is 13.2. The van der Waals surface area contributed by atoms with Crippen LogP contribution in [0.3, 0.4) is 0 Å². The molecule has 0 aromatic heterocycles. The van der Waals surface area contributed by atoms with E-state index in [2.05, 4.69) is 5.32 Å². The number of nitrogens with zero attached hydrogens (tertiary/aromatic N) is 2. The first-order chi connectivity index (χ1) is 16.8. The van der Waals surface area contributed by atoms with Crippen LogP contribution in [-0.2, 0) is 26.2 Å². The van der Waals surface area contributed by atoms with Gasteiger partial charge in [-0.05, 0) is 49.6 Å². The number of carbonyl (C=O) groups is 2. The summed E-state index contributed by atoms with van der Waals surface area (Å²) in [4.78, 5) is 27.9. The van der Waals surface area contributed by atoms with Gasteiger partial charge in [-0.1, -0.05) is 55.2 Å². The van der Waals surface area contributed by atoms with Crippen molar-refractivity contribution in [3.05, 3.63) is 58.1 Å². The molecular formula is C25H33Cl2N3O5S. The third-order valence-corrected chi connectivity index (χ3v) is 7.03. The smallest absolute Gasteiger partial charge is 0.244 e. The lowest BCUT2D eigenvalue weighted by molar-refractivity contribution is -0.139. The van der Waals surface area contributed by atoms with Gasteiger partial charge in [0.1, 0.15) is 18.3 Å². The molecule has 2 aromatic carbocycles. The van der Waals surface area contributed by atoms with Gasteiger partial charge in [0, 0.05) is 23.1 Å². The summed E-state index contributed by atoms with van der Waals surface area (Å²) in [5.41, 5.74) is 0.801. The largest absolute Gasteiger partial charge is 0.492 e. The van der Waals surface area contributed by atoms with E-state index in [0.29, 0.717) is 34.5 Å². The summed E-state index contributed by atoms with van der Waals surface area (Å²) < 4.78 is 32.1. The van der Waals surface area contributed by atoms with Crippen molar-refractivity contribution in [1.82, 2.24) is 10.2 Å². The highest BCUT2D eigenvalue weighted by atomic mass is 35.5. The highest BCUT2D eigenvalue weighted by Crippen LogP contribution is 2.30. The Kier molecular flexibility index (Phi) is 10.9. The molecule has 1 unspecified atom stereocenters. The Morgan fingerprint density at radius 2 is 1.75 bits per heavy atom. The molecule has 0 saturated heterocycles. The quantitative estimate of drug-likeness (QED) is 0.418.